The molecule has 1 N–H and O–H groups in total. The lowest BCUT2D eigenvalue weighted by atomic mass is 10.1. The highest BCUT2D eigenvalue weighted by atomic mass is 19.1. The molecule has 0 aliphatic rings. The molecule has 0 saturated carbocycles. The van der Waals surface area contributed by atoms with Gasteiger partial charge in [-0.2, -0.15) is 5.26 Å². The maximum Gasteiger partial charge on any atom is 0.147 e. The molecule has 3 nitrogen and oxygen atoms in total. The fourth-order valence-electron chi connectivity index (χ4n) is 2.04. The highest BCUT2D eigenvalue weighted by Crippen LogP contribution is 2.27. The van der Waals surface area contributed by atoms with E-state index in [0.717, 1.165) is 5.56 Å². The molecule has 2 aromatic rings. The SMILES string of the molecule is Cc1ccc(C(C)O)c(OCc2cccc(C#N)c2F)c1. The minimum atomic E-state index is -0.670. The van der Waals surface area contributed by atoms with Crippen molar-refractivity contribution in [1.82, 2.24) is 0 Å². The number of aliphatic hydroxyl groups is 1. The second-order valence-corrected chi connectivity index (χ2v) is 4.90. The molecule has 2 aromatic carbocycles. The number of rotatable bonds is 4. The van der Waals surface area contributed by atoms with Crippen LogP contribution in [-0.2, 0) is 6.61 Å². The zero-order valence-electron chi connectivity index (χ0n) is 11.9. The van der Waals surface area contributed by atoms with Crippen LogP contribution in [0.5, 0.6) is 5.75 Å². The average Bonchev–Trinajstić information content (AvgIpc) is 2.46. The maximum absolute atomic E-state index is 14.0. The van der Waals surface area contributed by atoms with E-state index < -0.39 is 11.9 Å². The molecule has 0 radical (unpaired) electrons. The zero-order chi connectivity index (χ0) is 15.4. The van der Waals surface area contributed by atoms with Gasteiger partial charge in [-0.05, 0) is 31.5 Å². The van der Waals surface area contributed by atoms with Gasteiger partial charge in [-0.25, -0.2) is 4.39 Å². The van der Waals surface area contributed by atoms with Crippen molar-refractivity contribution >= 4 is 0 Å². The van der Waals surface area contributed by atoms with Crippen LogP contribution < -0.4 is 4.74 Å². The number of benzene rings is 2. The molecule has 0 aromatic heterocycles. The van der Waals surface area contributed by atoms with E-state index in [9.17, 15) is 9.50 Å². The summed E-state index contributed by atoms with van der Waals surface area (Å²) in [5.74, 6) is -0.0435. The van der Waals surface area contributed by atoms with Crippen LogP contribution in [0, 0.1) is 24.1 Å². The first-order valence-corrected chi connectivity index (χ1v) is 6.62. The van der Waals surface area contributed by atoms with Crippen LogP contribution in [0.15, 0.2) is 36.4 Å². The Bertz CT molecular complexity index is 690. The predicted molar refractivity (Wildman–Crippen MR) is 77.3 cm³/mol. The van der Waals surface area contributed by atoms with Gasteiger partial charge in [0.1, 0.15) is 24.2 Å². The van der Waals surface area contributed by atoms with Gasteiger partial charge < -0.3 is 9.84 Å². The van der Waals surface area contributed by atoms with E-state index in [0.29, 0.717) is 16.9 Å². The van der Waals surface area contributed by atoms with Crippen LogP contribution in [0.3, 0.4) is 0 Å². The average molecular weight is 285 g/mol. The highest BCUT2D eigenvalue weighted by molar-refractivity contribution is 5.39. The van der Waals surface area contributed by atoms with Gasteiger partial charge in [-0.3, -0.25) is 0 Å². The van der Waals surface area contributed by atoms with Crippen LogP contribution in [0.2, 0.25) is 0 Å². The number of aryl methyl sites for hydroxylation is 1. The lowest BCUT2D eigenvalue weighted by Gasteiger charge is -2.14. The van der Waals surface area contributed by atoms with Gasteiger partial charge in [0.2, 0.25) is 0 Å². The fourth-order valence-corrected chi connectivity index (χ4v) is 2.04. The smallest absolute Gasteiger partial charge is 0.147 e. The monoisotopic (exact) mass is 285 g/mol. The number of hydrogen-bond acceptors (Lipinski definition) is 3. The van der Waals surface area contributed by atoms with Crippen LogP contribution >= 0.6 is 0 Å². The molecule has 0 spiro atoms. The fraction of sp³-hybridized carbons (Fsp3) is 0.235. The van der Waals surface area contributed by atoms with Crippen molar-refractivity contribution in [2.75, 3.05) is 0 Å². The van der Waals surface area contributed by atoms with Crippen LogP contribution in [0.1, 0.15) is 35.3 Å². The summed E-state index contributed by atoms with van der Waals surface area (Å²) in [5, 5.41) is 18.5. The predicted octanol–water partition coefficient (Wildman–Crippen LogP) is 3.64. The molecular weight excluding hydrogens is 269 g/mol. The number of ether oxygens (including phenoxy) is 1. The van der Waals surface area contributed by atoms with E-state index in [1.165, 1.54) is 6.07 Å². The Labute approximate surface area is 123 Å². The normalized spacial score (nSPS) is 11.8. The summed E-state index contributed by atoms with van der Waals surface area (Å²) in [7, 11) is 0. The summed E-state index contributed by atoms with van der Waals surface area (Å²) in [6, 6.07) is 11.9. The van der Waals surface area contributed by atoms with Gasteiger partial charge in [0.25, 0.3) is 0 Å². The molecule has 1 unspecified atom stereocenters. The van der Waals surface area contributed by atoms with Crippen molar-refractivity contribution in [1.29, 1.82) is 5.26 Å². The summed E-state index contributed by atoms with van der Waals surface area (Å²) in [5.41, 5.74) is 1.95. The van der Waals surface area contributed by atoms with Crippen LogP contribution in [0.4, 0.5) is 4.39 Å². The quantitative estimate of drug-likeness (QED) is 0.933. The third-order valence-corrected chi connectivity index (χ3v) is 3.20. The summed E-state index contributed by atoms with van der Waals surface area (Å²) >= 11 is 0. The van der Waals surface area contributed by atoms with Gasteiger partial charge in [-0.1, -0.05) is 24.3 Å². The lowest BCUT2D eigenvalue weighted by Crippen LogP contribution is -2.04. The summed E-state index contributed by atoms with van der Waals surface area (Å²) in [6.07, 6.45) is -0.670. The minimum Gasteiger partial charge on any atom is -0.488 e. The number of hydrogen-bond donors (Lipinski definition) is 1. The maximum atomic E-state index is 14.0. The second-order valence-electron chi connectivity index (χ2n) is 4.90. The molecule has 0 bridgehead atoms. The van der Waals surface area contributed by atoms with E-state index in [2.05, 4.69) is 0 Å². The first-order chi connectivity index (χ1) is 10.0. The Kier molecular flexibility index (Phi) is 4.56. The molecule has 1 atom stereocenters. The van der Waals surface area contributed by atoms with Crippen LogP contribution in [0.25, 0.3) is 0 Å². The molecule has 0 fully saturated rings. The van der Waals surface area contributed by atoms with Crippen LogP contribution in [-0.4, -0.2) is 5.11 Å². The van der Waals surface area contributed by atoms with E-state index in [-0.39, 0.29) is 12.2 Å². The Hall–Kier alpha value is -2.38. The molecule has 0 aliphatic carbocycles. The second kappa shape index (κ2) is 6.38. The molecule has 108 valence electrons. The van der Waals surface area contributed by atoms with E-state index in [1.807, 2.05) is 13.0 Å². The van der Waals surface area contributed by atoms with Gasteiger partial charge in [0.15, 0.2) is 0 Å². The number of nitriles is 1. The van der Waals surface area contributed by atoms with Crippen molar-refractivity contribution in [3.63, 3.8) is 0 Å². The van der Waals surface area contributed by atoms with Gasteiger partial charge >= 0.3 is 0 Å². The van der Waals surface area contributed by atoms with E-state index in [4.69, 9.17) is 10.00 Å². The molecule has 0 aliphatic heterocycles. The summed E-state index contributed by atoms with van der Waals surface area (Å²) in [4.78, 5) is 0. The largest absolute Gasteiger partial charge is 0.488 e. The van der Waals surface area contributed by atoms with Crippen molar-refractivity contribution in [2.45, 2.75) is 26.6 Å². The van der Waals surface area contributed by atoms with Gasteiger partial charge in [0.05, 0.1) is 11.7 Å². The van der Waals surface area contributed by atoms with E-state index in [1.54, 1.807) is 37.3 Å². The summed E-state index contributed by atoms with van der Waals surface area (Å²) < 4.78 is 19.6. The molecule has 0 saturated heterocycles. The standard InChI is InChI=1S/C17H16FNO2/c1-11-6-7-15(12(2)20)16(8-11)21-10-14-5-3-4-13(9-19)17(14)18/h3-8,12,20H,10H2,1-2H3. The first-order valence-electron chi connectivity index (χ1n) is 6.62. The zero-order valence-corrected chi connectivity index (χ0v) is 11.9. The number of halogens is 1. The molecule has 0 amide bonds. The molecule has 21 heavy (non-hydrogen) atoms. The van der Waals surface area contributed by atoms with Crippen molar-refractivity contribution in [3.8, 4) is 11.8 Å². The van der Waals surface area contributed by atoms with Crippen molar-refractivity contribution < 1.29 is 14.2 Å². The Morgan fingerprint density at radius 3 is 2.76 bits per heavy atom. The topological polar surface area (TPSA) is 53.2 Å². The molecule has 2 rings (SSSR count). The third kappa shape index (κ3) is 3.39. The van der Waals surface area contributed by atoms with E-state index >= 15 is 0 Å². The first kappa shape index (κ1) is 15.0. The lowest BCUT2D eigenvalue weighted by molar-refractivity contribution is 0.190. The highest BCUT2D eigenvalue weighted by Gasteiger charge is 2.12. The van der Waals surface area contributed by atoms with Gasteiger partial charge in [0, 0.05) is 11.1 Å². The summed E-state index contributed by atoms with van der Waals surface area (Å²) in [6.45, 7) is 3.56. The Morgan fingerprint density at radius 2 is 2.10 bits per heavy atom. The third-order valence-electron chi connectivity index (χ3n) is 3.20. The van der Waals surface area contributed by atoms with Crippen molar-refractivity contribution in [2.24, 2.45) is 0 Å². The Balaban J connectivity index is 2.25. The minimum absolute atomic E-state index is 0.00362. The molecular formula is C17H16FNO2. The number of nitrogens with zero attached hydrogens (tertiary/aromatic N) is 1. The van der Waals surface area contributed by atoms with Gasteiger partial charge in [-0.15, -0.1) is 0 Å². The molecule has 4 heteroatoms. The molecule has 0 heterocycles. The Morgan fingerprint density at radius 1 is 1.33 bits per heavy atom. The number of aliphatic hydroxyl groups excluding tert-OH is 1. The van der Waals surface area contributed by atoms with Crippen molar-refractivity contribution in [3.05, 3.63) is 64.5 Å².